The molecule has 7 N–H and O–H groups in total. The summed E-state index contributed by atoms with van der Waals surface area (Å²) in [6.07, 6.45) is 1.68. The van der Waals surface area contributed by atoms with Crippen molar-refractivity contribution in [2.24, 2.45) is 0 Å². The number of nitrogens with two attached hydrogens (primary N) is 2. The van der Waals surface area contributed by atoms with Gasteiger partial charge in [0.05, 0.1) is 11.1 Å². The van der Waals surface area contributed by atoms with Crippen molar-refractivity contribution in [1.29, 1.82) is 0 Å². The molecule has 3 aromatic rings. The van der Waals surface area contributed by atoms with Crippen LogP contribution in [0.5, 0.6) is 0 Å². The van der Waals surface area contributed by atoms with Crippen LogP contribution in [0, 0.1) is 19.7 Å². The van der Waals surface area contributed by atoms with Crippen LogP contribution >= 0.6 is 0 Å². The van der Waals surface area contributed by atoms with Crippen molar-refractivity contribution in [3.05, 3.63) is 46.9 Å². The van der Waals surface area contributed by atoms with Gasteiger partial charge in [-0.05, 0) is 42.7 Å². The molecule has 3 rings (SSSR count). The van der Waals surface area contributed by atoms with Gasteiger partial charge in [0.15, 0.2) is 5.65 Å². The molecule has 2 aromatic heterocycles. The summed E-state index contributed by atoms with van der Waals surface area (Å²) >= 11 is 0. The Morgan fingerprint density at radius 3 is 2.67 bits per heavy atom. The van der Waals surface area contributed by atoms with E-state index in [2.05, 4.69) is 20.3 Å². The molecule has 0 unspecified atom stereocenters. The predicted octanol–water partition coefficient (Wildman–Crippen LogP) is 1.73. The Morgan fingerprint density at radius 1 is 1.17 bits per heavy atom. The Kier molecular flexibility index (Phi) is 4.79. The molecule has 8 heteroatoms. The van der Waals surface area contributed by atoms with Crippen LogP contribution in [0.15, 0.2) is 24.4 Å². The third-order valence-electron chi connectivity index (χ3n) is 3.73. The molecule has 0 aliphatic heterocycles. The predicted molar refractivity (Wildman–Crippen MR) is 93.0 cm³/mol. The van der Waals surface area contributed by atoms with Gasteiger partial charge in [0.1, 0.15) is 11.6 Å². The number of hydrogen-bond acceptors (Lipinski definition) is 6. The van der Waals surface area contributed by atoms with Gasteiger partial charge in [-0.15, -0.1) is 0 Å². The number of anilines is 3. The van der Waals surface area contributed by atoms with E-state index in [9.17, 15) is 4.39 Å². The number of pyridine rings is 1. The number of hydrogen-bond donors (Lipinski definition) is 3. The highest BCUT2D eigenvalue weighted by Gasteiger charge is 2.11. The molecule has 0 radical (unpaired) electrons. The van der Waals surface area contributed by atoms with Gasteiger partial charge in [0.2, 0.25) is 5.95 Å². The summed E-state index contributed by atoms with van der Waals surface area (Å²) in [5, 5.41) is 3.75. The SMILES string of the molecule is Cc1ccc(F)c(NCc2cnc3nc(N)nc(N)c3c2C)c1.O. The van der Waals surface area contributed by atoms with Crippen LogP contribution in [0.4, 0.5) is 21.8 Å². The Morgan fingerprint density at radius 2 is 1.92 bits per heavy atom. The molecule has 1 aromatic carbocycles. The zero-order valence-corrected chi connectivity index (χ0v) is 13.4. The number of nitrogens with one attached hydrogen (secondary N) is 1. The number of benzene rings is 1. The zero-order valence-electron chi connectivity index (χ0n) is 13.4. The second-order valence-electron chi connectivity index (χ2n) is 5.41. The van der Waals surface area contributed by atoms with Crippen molar-refractivity contribution in [3.63, 3.8) is 0 Å². The Hall–Kier alpha value is -3.00. The zero-order chi connectivity index (χ0) is 16.6. The van der Waals surface area contributed by atoms with Gasteiger partial charge in [-0.25, -0.2) is 9.37 Å². The van der Waals surface area contributed by atoms with Crippen molar-refractivity contribution in [1.82, 2.24) is 15.0 Å². The number of aryl methyl sites for hydroxylation is 2. The Balaban J connectivity index is 0.00000208. The molecule has 0 fully saturated rings. The number of rotatable bonds is 3. The number of aromatic nitrogens is 3. The minimum absolute atomic E-state index is 0. The van der Waals surface area contributed by atoms with Gasteiger partial charge in [-0.2, -0.15) is 9.97 Å². The second-order valence-corrected chi connectivity index (χ2v) is 5.41. The van der Waals surface area contributed by atoms with E-state index in [0.717, 1.165) is 16.7 Å². The van der Waals surface area contributed by atoms with Gasteiger partial charge in [0.25, 0.3) is 0 Å². The lowest BCUT2D eigenvalue weighted by molar-refractivity contribution is 0.629. The number of nitrogens with zero attached hydrogens (tertiary/aromatic N) is 3. The highest BCUT2D eigenvalue weighted by Crippen LogP contribution is 2.25. The molecule has 0 aliphatic carbocycles. The van der Waals surface area contributed by atoms with Crippen molar-refractivity contribution < 1.29 is 9.87 Å². The van der Waals surface area contributed by atoms with Crippen molar-refractivity contribution in [3.8, 4) is 0 Å². The normalized spacial score (nSPS) is 10.5. The number of halogens is 1. The standard InChI is InChI=1S/C16H17FN6.H2O/c1-8-3-4-11(17)12(5-8)20-6-10-7-21-15-13(9(10)2)14(18)22-16(19)23-15;/h3-5,7,20H,6H2,1-2H3,(H4,18,19,21,22,23);1H2. The van der Waals surface area contributed by atoms with Crippen LogP contribution in [0.3, 0.4) is 0 Å². The fraction of sp³-hybridized carbons (Fsp3) is 0.188. The first kappa shape index (κ1) is 17.4. The maximum atomic E-state index is 13.8. The summed E-state index contributed by atoms with van der Waals surface area (Å²) in [4.78, 5) is 12.3. The van der Waals surface area contributed by atoms with E-state index in [4.69, 9.17) is 11.5 Å². The summed E-state index contributed by atoms with van der Waals surface area (Å²) in [6, 6.07) is 4.93. The molecular weight excluding hydrogens is 311 g/mol. The number of nitrogen functional groups attached to an aromatic ring is 2. The monoisotopic (exact) mass is 330 g/mol. The fourth-order valence-corrected chi connectivity index (χ4v) is 2.48. The quantitative estimate of drug-likeness (QED) is 0.669. The average Bonchev–Trinajstić information content (AvgIpc) is 2.49. The molecular formula is C16H19FN6O. The van der Waals surface area contributed by atoms with Crippen LogP contribution < -0.4 is 16.8 Å². The minimum Gasteiger partial charge on any atom is -0.412 e. The van der Waals surface area contributed by atoms with Crippen molar-refractivity contribution in [2.75, 3.05) is 16.8 Å². The molecule has 7 nitrogen and oxygen atoms in total. The van der Waals surface area contributed by atoms with E-state index in [-0.39, 0.29) is 17.2 Å². The van der Waals surface area contributed by atoms with Crippen molar-refractivity contribution >= 4 is 28.5 Å². The molecule has 24 heavy (non-hydrogen) atoms. The van der Waals surface area contributed by atoms with E-state index < -0.39 is 0 Å². The molecule has 0 amide bonds. The summed E-state index contributed by atoms with van der Waals surface area (Å²) < 4.78 is 13.8. The lowest BCUT2D eigenvalue weighted by atomic mass is 10.1. The van der Waals surface area contributed by atoms with Crippen LogP contribution in [-0.4, -0.2) is 20.4 Å². The van der Waals surface area contributed by atoms with E-state index >= 15 is 0 Å². The van der Waals surface area contributed by atoms with E-state index in [1.807, 2.05) is 13.8 Å². The lowest BCUT2D eigenvalue weighted by Gasteiger charge is -2.12. The summed E-state index contributed by atoms with van der Waals surface area (Å²) in [7, 11) is 0. The van der Waals surface area contributed by atoms with Gasteiger partial charge >= 0.3 is 0 Å². The molecule has 126 valence electrons. The molecule has 0 saturated heterocycles. The van der Waals surface area contributed by atoms with Crippen LogP contribution in [0.2, 0.25) is 0 Å². The molecule has 0 atom stereocenters. The molecule has 0 saturated carbocycles. The van der Waals surface area contributed by atoms with Crippen LogP contribution in [0.25, 0.3) is 11.0 Å². The molecule has 2 heterocycles. The van der Waals surface area contributed by atoms with E-state index in [1.54, 1.807) is 18.3 Å². The largest absolute Gasteiger partial charge is 0.412 e. The van der Waals surface area contributed by atoms with Gasteiger partial charge in [-0.1, -0.05) is 6.07 Å². The first-order valence-electron chi connectivity index (χ1n) is 7.13. The topological polar surface area (TPSA) is 134 Å². The highest BCUT2D eigenvalue weighted by molar-refractivity contribution is 5.89. The average molecular weight is 330 g/mol. The minimum atomic E-state index is -0.294. The third kappa shape index (κ3) is 3.18. The number of fused-ring (bicyclic) bond motifs is 1. The van der Waals surface area contributed by atoms with Crippen LogP contribution in [-0.2, 0) is 6.54 Å². The van der Waals surface area contributed by atoms with Gasteiger partial charge in [-0.3, -0.25) is 0 Å². The van der Waals surface area contributed by atoms with Gasteiger partial charge in [0, 0.05) is 12.7 Å². The Bertz CT molecular complexity index is 899. The fourth-order valence-electron chi connectivity index (χ4n) is 2.48. The Labute approximate surface area is 138 Å². The summed E-state index contributed by atoms with van der Waals surface area (Å²) in [5.74, 6) is 0.0910. The van der Waals surface area contributed by atoms with Crippen LogP contribution in [0.1, 0.15) is 16.7 Å². The maximum absolute atomic E-state index is 13.8. The smallest absolute Gasteiger partial charge is 0.224 e. The molecule has 0 bridgehead atoms. The van der Waals surface area contributed by atoms with Gasteiger partial charge < -0.3 is 22.3 Å². The van der Waals surface area contributed by atoms with E-state index in [1.165, 1.54) is 6.07 Å². The highest BCUT2D eigenvalue weighted by atomic mass is 19.1. The third-order valence-corrected chi connectivity index (χ3v) is 3.73. The molecule has 0 spiro atoms. The second kappa shape index (κ2) is 6.63. The first-order chi connectivity index (χ1) is 11.0. The van der Waals surface area contributed by atoms with Crippen molar-refractivity contribution in [2.45, 2.75) is 20.4 Å². The lowest BCUT2D eigenvalue weighted by Crippen LogP contribution is -2.07. The molecule has 0 aliphatic rings. The summed E-state index contributed by atoms with van der Waals surface area (Å²) in [5.41, 5.74) is 15.2. The first-order valence-corrected chi connectivity index (χ1v) is 7.13. The maximum Gasteiger partial charge on any atom is 0.224 e. The van der Waals surface area contributed by atoms with E-state index in [0.29, 0.717) is 29.1 Å². The summed E-state index contributed by atoms with van der Waals surface area (Å²) in [6.45, 7) is 4.23.